The second-order valence-electron chi connectivity index (χ2n) is 6.95. The van der Waals surface area contributed by atoms with E-state index in [0.717, 1.165) is 11.4 Å². The van der Waals surface area contributed by atoms with Crippen LogP contribution >= 0.6 is 11.6 Å². The van der Waals surface area contributed by atoms with Gasteiger partial charge in [0.05, 0.1) is 6.04 Å². The Kier molecular flexibility index (Phi) is 4.77. The maximum absolute atomic E-state index is 6.11. The summed E-state index contributed by atoms with van der Waals surface area (Å²) in [6.07, 6.45) is 4.68. The molecule has 4 rings (SSSR count). The molecule has 2 atom stereocenters. The average molecular weight is 364 g/mol. The lowest BCUT2D eigenvalue weighted by Gasteiger charge is -2.29. The molecule has 0 fully saturated rings. The standard InChI is InChI=1S/C22H22ClN3/c1-15-13-19-4-3-18(16-9-11-24-12-10-16)14-21(19)22(26(2)25-15)17-5-7-20(23)8-6-17/h3-12,14-15,22,25H,13H2,1-2H3. The highest BCUT2D eigenvalue weighted by Crippen LogP contribution is 2.35. The van der Waals surface area contributed by atoms with Crippen LogP contribution in [-0.2, 0) is 6.42 Å². The van der Waals surface area contributed by atoms with Gasteiger partial charge in [0.2, 0.25) is 0 Å². The number of nitrogens with zero attached hydrogens (tertiary/aromatic N) is 2. The number of fused-ring (bicyclic) bond motifs is 1. The summed E-state index contributed by atoms with van der Waals surface area (Å²) in [4.78, 5) is 4.14. The van der Waals surface area contributed by atoms with Crippen LogP contribution in [0.25, 0.3) is 11.1 Å². The average Bonchev–Trinajstić information content (AvgIpc) is 2.77. The van der Waals surface area contributed by atoms with Crippen molar-refractivity contribution in [2.24, 2.45) is 0 Å². The monoisotopic (exact) mass is 363 g/mol. The quantitative estimate of drug-likeness (QED) is 0.703. The lowest BCUT2D eigenvalue weighted by atomic mass is 9.89. The van der Waals surface area contributed by atoms with Gasteiger partial charge in [0.15, 0.2) is 0 Å². The van der Waals surface area contributed by atoms with Crippen molar-refractivity contribution in [1.82, 2.24) is 15.4 Å². The van der Waals surface area contributed by atoms with Crippen LogP contribution in [0.15, 0.2) is 67.0 Å². The Bertz CT molecular complexity index is 893. The van der Waals surface area contributed by atoms with Gasteiger partial charge in [-0.1, -0.05) is 35.9 Å². The van der Waals surface area contributed by atoms with Crippen molar-refractivity contribution in [3.05, 3.63) is 88.7 Å². The number of benzene rings is 2. The summed E-state index contributed by atoms with van der Waals surface area (Å²) in [6.45, 7) is 2.22. The summed E-state index contributed by atoms with van der Waals surface area (Å²) >= 11 is 6.11. The SMILES string of the molecule is CC1Cc2ccc(-c3ccncc3)cc2C(c2ccc(Cl)cc2)N(C)N1. The summed E-state index contributed by atoms with van der Waals surface area (Å²) in [7, 11) is 2.12. The van der Waals surface area contributed by atoms with Crippen molar-refractivity contribution in [3.8, 4) is 11.1 Å². The fourth-order valence-electron chi connectivity index (χ4n) is 3.81. The first-order valence-corrected chi connectivity index (χ1v) is 9.27. The Morgan fingerprint density at radius 3 is 2.46 bits per heavy atom. The second kappa shape index (κ2) is 7.20. The summed E-state index contributed by atoms with van der Waals surface area (Å²) in [5.41, 5.74) is 9.95. The smallest absolute Gasteiger partial charge is 0.0742 e. The van der Waals surface area contributed by atoms with Gasteiger partial charge in [0.1, 0.15) is 0 Å². The molecule has 3 aromatic rings. The molecule has 1 aromatic heterocycles. The predicted molar refractivity (Wildman–Crippen MR) is 107 cm³/mol. The zero-order valence-corrected chi connectivity index (χ0v) is 15.7. The first-order valence-electron chi connectivity index (χ1n) is 8.89. The van der Waals surface area contributed by atoms with Gasteiger partial charge in [-0.25, -0.2) is 5.01 Å². The van der Waals surface area contributed by atoms with Crippen molar-refractivity contribution in [1.29, 1.82) is 0 Å². The number of rotatable bonds is 2. The third-order valence-corrected chi connectivity index (χ3v) is 5.23. The highest BCUT2D eigenvalue weighted by Gasteiger charge is 2.27. The van der Waals surface area contributed by atoms with Gasteiger partial charge >= 0.3 is 0 Å². The minimum absolute atomic E-state index is 0.133. The van der Waals surface area contributed by atoms with Crippen LogP contribution in [0.2, 0.25) is 5.02 Å². The lowest BCUT2D eigenvalue weighted by Crippen LogP contribution is -2.42. The molecule has 1 aliphatic rings. The molecule has 4 heteroatoms. The molecule has 132 valence electrons. The molecule has 1 aliphatic heterocycles. The Balaban J connectivity index is 1.86. The van der Waals surface area contributed by atoms with Crippen LogP contribution in [-0.4, -0.2) is 23.1 Å². The number of hydrogen-bond donors (Lipinski definition) is 1. The van der Waals surface area contributed by atoms with Crippen LogP contribution in [0.1, 0.15) is 29.7 Å². The van der Waals surface area contributed by atoms with E-state index < -0.39 is 0 Å². The number of hydrogen-bond acceptors (Lipinski definition) is 3. The Hall–Kier alpha value is -2.20. The number of halogens is 1. The largest absolute Gasteiger partial charge is 0.265 e. The van der Waals surface area contributed by atoms with Gasteiger partial charge in [-0.3, -0.25) is 10.4 Å². The van der Waals surface area contributed by atoms with E-state index in [9.17, 15) is 0 Å². The van der Waals surface area contributed by atoms with Crippen LogP contribution < -0.4 is 5.43 Å². The normalized spacial score (nSPS) is 20.4. The van der Waals surface area contributed by atoms with Crippen LogP contribution in [0.3, 0.4) is 0 Å². The fourth-order valence-corrected chi connectivity index (χ4v) is 3.94. The number of pyridine rings is 1. The van der Waals surface area contributed by atoms with E-state index in [4.69, 9.17) is 11.6 Å². The van der Waals surface area contributed by atoms with Gasteiger partial charge in [-0.2, -0.15) is 0 Å². The van der Waals surface area contributed by atoms with E-state index in [0.29, 0.717) is 6.04 Å². The fraction of sp³-hybridized carbons (Fsp3) is 0.227. The molecule has 0 amide bonds. The van der Waals surface area contributed by atoms with Crippen molar-refractivity contribution in [3.63, 3.8) is 0 Å². The van der Waals surface area contributed by atoms with Crippen LogP contribution in [0.5, 0.6) is 0 Å². The van der Waals surface area contributed by atoms with Gasteiger partial charge in [0, 0.05) is 30.5 Å². The third-order valence-electron chi connectivity index (χ3n) is 4.98. The van der Waals surface area contributed by atoms with Gasteiger partial charge in [-0.15, -0.1) is 0 Å². The molecule has 0 saturated heterocycles. The van der Waals surface area contributed by atoms with E-state index in [1.54, 1.807) is 0 Å². The van der Waals surface area contributed by atoms with Crippen LogP contribution in [0.4, 0.5) is 0 Å². The van der Waals surface area contributed by atoms with Crippen molar-refractivity contribution >= 4 is 11.6 Å². The number of nitrogens with one attached hydrogen (secondary N) is 1. The summed E-state index contributed by atoms with van der Waals surface area (Å²) in [6, 6.07) is 19.6. The van der Waals surface area contributed by atoms with Gasteiger partial charge < -0.3 is 0 Å². The second-order valence-corrected chi connectivity index (χ2v) is 7.39. The Morgan fingerprint density at radius 2 is 1.73 bits per heavy atom. The molecular weight excluding hydrogens is 342 g/mol. The van der Waals surface area contributed by atoms with E-state index in [1.165, 1.54) is 27.8 Å². The summed E-state index contributed by atoms with van der Waals surface area (Å²) < 4.78 is 0. The highest BCUT2D eigenvalue weighted by atomic mass is 35.5. The highest BCUT2D eigenvalue weighted by molar-refractivity contribution is 6.30. The van der Waals surface area contributed by atoms with Gasteiger partial charge in [0.25, 0.3) is 0 Å². The van der Waals surface area contributed by atoms with Crippen molar-refractivity contribution in [2.45, 2.75) is 25.4 Å². The Labute approximate surface area is 159 Å². The zero-order valence-electron chi connectivity index (χ0n) is 15.0. The minimum Gasteiger partial charge on any atom is -0.265 e. The van der Waals surface area contributed by atoms with E-state index in [-0.39, 0.29) is 6.04 Å². The molecule has 2 unspecified atom stereocenters. The molecule has 0 saturated carbocycles. The maximum atomic E-state index is 6.11. The minimum atomic E-state index is 0.133. The maximum Gasteiger partial charge on any atom is 0.0742 e. The summed E-state index contributed by atoms with van der Waals surface area (Å²) in [5.74, 6) is 0. The first kappa shape index (κ1) is 17.2. The Morgan fingerprint density at radius 1 is 1.00 bits per heavy atom. The predicted octanol–water partition coefficient (Wildman–Crippen LogP) is 4.87. The molecule has 0 spiro atoms. The molecule has 3 nitrogen and oxygen atoms in total. The number of hydrazine groups is 1. The molecule has 2 aromatic carbocycles. The molecule has 26 heavy (non-hydrogen) atoms. The topological polar surface area (TPSA) is 28.2 Å². The van der Waals surface area contributed by atoms with Crippen LogP contribution in [0, 0.1) is 0 Å². The molecule has 0 bridgehead atoms. The summed E-state index contributed by atoms with van der Waals surface area (Å²) in [5, 5.41) is 2.98. The zero-order chi connectivity index (χ0) is 18.1. The lowest BCUT2D eigenvalue weighted by molar-refractivity contribution is 0.172. The van der Waals surface area contributed by atoms with Crippen molar-refractivity contribution in [2.75, 3.05) is 7.05 Å². The first-order chi connectivity index (χ1) is 12.6. The van der Waals surface area contributed by atoms with E-state index in [1.807, 2.05) is 24.5 Å². The molecule has 0 aliphatic carbocycles. The molecule has 0 radical (unpaired) electrons. The molecule has 1 N–H and O–H groups in total. The molecule has 2 heterocycles. The van der Waals surface area contributed by atoms with E-state index >= 15 is 0 Å². The van der Waals surface area contributed by atoms with Crippen molar-refractivity contribution < 1.29 is 0 Å². The third kappa shape index (κ3) is 3.38. The number of aromatic nitrogens is 1. The molecular formula is C22H22ClN3. The van der Waals surface area contributed by atoms with E-state index in [2.05, 4.69) is 71.9 Å². The van der Waals surface area contributed by atoms with Gasteiger partial charge in [-0.05, 0) is 71.5 Å².